The largest absolute Gasteiger partial charge is 0.310 e. The van der Waals surface area contributed by atoms with Gasteiger partial charge in [0.05, 0.1) is 5.69 Å². The van der Waals surface area contributed by atoms with Crippen LogP contribution in [0.4, 0.5) is 5.00 Å². The molecule has 1 heterocycles. The molecule has 1 rings (SSSR count). The van der Waals surface area contributed by atoms with Crippen molar-refractivity contribution in [3.05, 3.63) is 11.3 Å². The van der Waals surface area contributed by atoms with E-state index in [1.54, 1.807) is 0 Å². The summed E-state index contributed by atoms with van der Waals surface area (Å²) in [5.41, 5.74) is 1.79. The van der Waals surface area contributed by atoms with Gasteiger partial charge in [0.2, 0.25) is 5.78 Å². The van der Waals surface area contributed by atoms with Crippen LogP contribution >= 0.6 is 11.5 Å². The lowest BCUT2D eigenvalue weighted by Gasteiger charge is -1.98. The highest BCUT2D eigenvalue weighted by Gasteiger charge is 2.12. The van der Waals surface area contributed by atoms with E-state index in [0.29, 0.717) is 5.00 Å². The van der Waals surface area contributed by atoms with E-state index in [1.165, 1.54) is 18.5 Å². The average molecular weight is 198 g/mol. The zero-order valence-corrected chi connectivity index (χ0v) is 8.49. The molecule has 1 N–H and O–H groups in total. The Labute approximate surface area is 80.1 Å². The Balaban J connectivity index is 2.81. The van der Waals surface area contributed by atoms with Crippen LogP contribution in [-0.4, -0.2) is 16.1 Å². The summed E-state index contributed by atoms with van der Waals surface area (Å²) in [6.45, 7) is 4.95. The zero-order valence-electron chi connectivity index (χ0n) is 7.67. The summed E-state index contributed by atoms with van der Waals surface area (Å²) >= 11 is 1.19. The van der Waals surface area contributed by atoms with E-state index in [2.05, 4.69) is 9.69 Å². The fourth-order valence-corrected chi connectivity index (χ4v) is 1.51. The SMILES string of the molecule is CC(=O)C(=O)Nc1snc(C)c1C. The van der Waals surface area contributed by atoms with Crippen molar-refractivity contribution in [3.8, 4) is 0 Å². The lowest BCUT2D eigenvalue weighted by molar-refractivity contribution is -0.133. The molecule has 5 heteroatoms. The summed E-state index contributed by atoms with van der Waals surface area (Å²) < 4.78 is 4.04. The first-order valence-corrected chi connectivity index (χ1v) is 4.54. The van der Waals surface area contributed by atoms with Gasteiger partial charge < -0.3 is 5.32 Å². The van der Waals surface area contributed by atoms with E-state index in [1.807, 2.05) is 13.8 Å². The van der Waals surface area contributed by atoms with Gasteiger partial charge in [-0.15, -0.1) is 0 Å². The quantitative estimate of drug-likeness (QED) is 0.728. The minimum Gasteiger partial charge on any atom is -0.310 e. The molecule has 13 heavy (non-hydrogen) atoms. The van der Waals surface area contributed by atoms with Crippen LogP contribution in [0.1, 0.15) is 18.2 Å². The zero-order chi connectivity index (χ0) is 10.0. The van der Waals surface area contributed by atoms with Crippen molar-refractivity contribution in [2.45, 2.75) is 20.8 Å². The number of rotatable bonds is 2. The normalized spacial score (nSPS) is 9.77. The molecule has 0 atom stereocenters. The number of aryl methyl sites for hydroxylation is 1. The molecule has 0 radical (unpaired) electrons. The number of anilines is 1. The molecule has 0 bridgehead atoms. The molecule has 0 aromatic carbocycles. The van der Waals surface area contributed by atoms with Gasteiger partial charge >= 0.3 is 0 Å². The molecule has 0 saturated heterocycles. The molecule has 0 aliphatic carbocycles. The Bertz CT molecular complexity index is 357. The highest BCUT2D eigenvalue weighted by atomic mass is 32.1. The first kappa shape index (κ1) is 9.85. The van der Waals surface area contributed by atoms with Crippen molar-refractivity contribution < 1.29 is 9.59 Å². The maximum Gasteiger partial charge on any atom is 0.292 e. The summed E-state index contributed by atoms with van der Waals surface area (Å²) in [7, 11) is 0. The Morgan fingerprint density at radius 3 is 2.38 bits per heavy atom. The molecule has 0 fully saturated rings. The maximum atomic E-state index is 11.0. The Hall–Kier alpha value is -1.23. The van der Waals surface area contributed by atoms with E-state index in [-0.39, 0.29) is 0 Å². The summed E-state index contributed by atoms with van der Waals surface area (Å²) in [6, 6.07) is 0. The van der Waals surface area contributed by atoms with Gasteiger partial charge in [-0.25, -0.2) is 0 Å². The van der Waals surface area contributed by atoms with Gasteiger partial charge in [-0.3, -0.25) is 9.59 Å². The first-order valence-electron chi connectivity index (χ1n) is 3.77. The second kappa shape index (κ2) is 3.66. The van der Waals surface area contributed by atoms with Crippen molar-refractivity contribution >= 4 is 28.2 Å². The van der Waals surface area contributed by atoms with Gasteiger partial charge in [-0.1, -0.05) is 0 Å². The second-order valence-electron chi connectivity index (χ2n) is 2.73. The summed E-state index contributed by atoms with van der Waals surface area (Å²) in [6.07, 6.45) is 0. The molecule has 0 spiro atoms. The van der Waals surface area contributed by atoms with Crippen molar-refractivity contribution in [2.75, 3.05) is 5.32 Å². The number of carbonyl (C=O) groups is 2. The second-order valence-corrected chi connectivity index (χ2v) is 3.51. The molecule has 0 aliphatic rings. The lowest BCUT2D eigenvalue weighted by atomic mass is 10.3. The molecular weight excluding hydrogens is 188 g/mol. The molecule has 1 aromatic heterocycles. The Morgan fingerprint density at radius 1 is 1.38 bits per heavy atom. The molecule has 0 aliphatic heterocycles. The lowest BCUT2D eigenvalue weighted by Crippen LogP contribution is -2.19. The van der Waals surface area contributed by atoms with Gasteiger partial charge in [-0.05, 0) is 25.4 Å². The maximum absolute atomic E-state index is 11.0. The van der Waals surface area contributed by atoms with Crippen LogP contribution in [0.15, 0.2) is 0 Å². The van der Waals surface area contributed by atoms with Crippen LogP contribution in [0, 0.1) is 13.8 Å². The topological polar surface area (TPSA) is 59.1 Å². The van der Waals surface area contributed by atoms with Crippen molar-refractivity contribution in [3.63, 3.8) is 0 Å². The predicted molar refractivity (Wildman–Crippen MR) is 50.9 cm³/mol. The number of hydrogen-bond acceptors (Lipinski definition) is 4. The molecule has 0 saturated carbocycles. The summed E-state index contributed by atoms with van der Waals surface area (Å²) in [4.78, 5) is 21.6. The number of Topliss-reactive ketones (excluding diaryl/α,β-unsaturated/α-hetero) is 1. The van der Waals surface area contributed by atoms with Gasteiger partial charge in [-0.2, -0.15) is 4.37 Å². The van der Waals surface area contributed by atoms with Crippen molar-refractivity contribution in [2.24, 2.45) is 0 Å². The molecule has 4 nitrogen and oxygen atoms in total. The number of nitrogens with zero attached hydrogens (tertiary/aromatic N) is 1. The van der Waals surface area contributed by atoms with E-state index in [9.17, 15) is 9.59 Å². The molecule has 70 valence electrons. The van der Waals surface area contributed by atoms with E-state index >= 15 is 0 Å². The monoisotopic (exact) mass is 198 g/mol. The Kier molecular flexibility index (Phi) is 2.77. The van der Waals surface area contributed by atoms with Gasteiger partial charge in [0.15, 0.2) is 0 Å². The minimum absolute atomic E-state index is 0.495. The molecule has 0 unspecified atom stereocenters. The smallest absolute Gasteiger partial charge is 0.292 e. The van der Waals surface area contributed by atoms with Gasteiger partial charge in [0, 0.05) is 12.5 Å². The van der Waals surface area contributed by atoms with Gasteiger partial charge in [0.1, 0.15) is 5.00 Å². The number of aromatic nitrogens is 1. The summed E-state index contributed by atoms with van der Waals surface area (Å²) in [5.74, 6) is -1.09. The highest BCUT2D eigenvalue weighted by molar-refractivity contribution is 7.10. The third-order valence-electron chi connectivity index (χ3n) is 1.70. The number of amides is 1. The summed E-state index contributed by atoms with van der Waals surface area (Å²) in [5, 5.41) is 3.15. The van der Waals surface area contributed by atoms with Crippen LogP contribution in [0.5, 0.6) is 0 Å². The van der Waals surface area contributed by atoms with Crippen LogP contribution in [0.25, 0.3) is 0 Å². The van der Waals surface area contributed by atoms with Crippen LogP contribution in [0.2, 0.25) is 0 Å². The van der Waals surface area contributed by atoms with Crippen LogP contribution in [0.3, 0.4) is 0 Å². The average Bonchev–Trinajstić information content (AvgIpc) is 2.36. The van der Waals surface area contributed by atoms with E-state index < -0.39 is 11.7 Å². The van der Waals surface area contributed by atoms with E-state index in [4.69, 9.17) is 0 Å². The Morgan fingerprint density at radius 2 is 2.00 bits per heavy atom. The number of nitrogens with one attached hydrogen (secondary N) is 1. The van der Waals surface area contributed by atoms with E-state index in [0.717, 1.165) is 11.3 Å². The predicted octanol–water partition coefficient (Wildman–Crippen LogP) is 1.29. The molecule has 1 aromatic rings. The van der Waals surface area contributed by atoms with Gasteiger partial charge in [0.25, 0.3) is 5.91 Å². The fourth-order valence-electron chi connectivity index (χ4n) is 0.723. The van der Waals surface area contributed by atoms with Crippen LogP contribution in [-0.2, 0) is 9.59 Å². The third-order valence-corrected chi connectivity index (χ3v) is 2.66. The standard InChI is InChI=1S/C8H10N2O2S/c1-4-5(2)10-13-8(4)9-7(12)6(3)11/h1-3H3,(H,9,12). The number of ketones is 1. The molecular formula is C8H10N2O2S. The highest BCUT2D eigenvalue weighted by Crippen LogP contribution is 2.22. The molecule has 1 amide bonds. The third kappa shape index (κ3) is 2.12. The first-order chi connectivity index (χ1) is 6.02. The van der Waals surface area contributed by atoms with Crippen LogP contribution < -0.4 is 5.32 Å². The number of carbonyl (C=O) groups excluding carboxylic acids is 2. The number of hydrogen-bond donors (Lipinski definition) is 1. The van der Waals surface area contributed by atoms with Crippen molar-refractivity contribution in [1.82, 2.24) is 4.37 Å². The minimum atomic E-state index is -0.591. The van der Waals surface area contributed by atoms with Crippen molar-refractivity contribution in [1.29, 1.82) is 0 Å². The fraction of sp³-hybridized carbons (Fsp3) is 0.375.